The standard InChI is InChI=1S/C21H26N4O2/c1-15-16(2)25(17-8-5-4-6-9-17)21(19(15)12-22)23-20(26)14-24(3)13-18-10-7-11-27-18/h4-6,8-9,18H,7,10-11,13-14H2,1-3H3,(H,23,26)/t18-/m0/s1. The third-order valence-corrected chi connectivity index (χ3v) is 5.05. The first-order chi connectivity index (χ1) is 13.0. The molecule has 0 unspecified atom stereocenters. The number of nitriles is 1. The van der Waals surface area contributed by atoms with Crippen LogP contribution in [0.2, 0.25) is 0 Å². The van der Waals surface area contributed by atoms with Gasteiger partial charge in [0.1, 0.15) is 11.9 Å². The summed E-state index contributed by atoms with van der Waals surface area (Å²) < 4.78 is 7.57. The highest BCUT2D eigenvalue weighted by atomic mass is 16.5. The van der Waals surface area contributed by atoms with Gasteiger partial charge in [0.15, 0.2) is 0 Å². The number of carbonyl (C=O) groups excluding carboxylic acids is 1. The average Bonchev–Trinajstić information content (AvgIpc) is 3.22. The summed E-state index contributed by atoms with van der Waals surface area (Å²) in [5, 5.41) is 12.6. The van der Waals surface area contributed by atoms with Gasteiger partial charge in [-0.2, -0.15) is 5.26 Å². The first-order valence-electron chi connectivity index (χ1n) is 9.28. The summed E-state index contributed by atoms with van der Waals surface area (Å²) in [7, 11) is 1.92. The molecule has 0 aliphatic carbocycles. The molecular weight excluding hydrogens is 340 g/mol. The molecule has 2 heterocycles. The lowest BCUT2D eigenvalue weighted by molar-refractivity contribution is -0.117. The molecule has 2 aromatic rings. The number of rotatable bonds is 6. The van der Waals surface area contributed by atoms with Crippen LogP contribution in [0.3, 0.4) is 0 Å². The smallest absolute Gasteiger partial charge is 0.239 e. The van der Waals surface area contributed by atoms with Gasteiger partial charge in [-0.3, -0.25) is 14.3 Å². The predicted octanol–water partition coefficient (Wildman–Crippen LogP) is 3.02. The number of nitrogens with one attached hydrogen (secondary N) is 1. The Labute approximate surface area is 160 Å². The number of aromatic nitrogens is 1. The van der Waals surface area contributed by atoms with Gasteiger partial charge >= 0.3 is 0 Å². The van der Waals surface area contributed by atoms with Crippen LogP contribution in [0, 0.1) is 25.2 Å². The second-order valence-electron chi connectivity index (χ2n) is 7.10. The molecule has 1 saturated heterocycles. The zero-order valence-corrected chi connectivity index (χ0v) is 16.2. The number of para-hydroxylation sites is 1. The van der Waals surface area contributed by atoms with Gasteiger partial charge < -0.3 is 10.1 Å². The lowest BCUT2D eigenvalue weighted by atomic mass is 10.2. The zero-order valence-electron chi connectivity index (χ0n) is 16.2. The number of benzene rings is 1. The van der Waals surface area contributed by atoms with Crippen molar-refractivity contribution in [3.8, 4) is 11.8 Å². The molecule has 3 rings (SSSR count). The highest BCUT2D eigenvalue weighted by molar-refractivity contribution is 5.93. The Morgan fingerprint density at radius 2 is 2.11 bits per heavy atom. The Balaban J connectivity index is 1.80. The summed E-state index contributed by atoms with van der Waals surface area (Å²) in [6.07, 6.45) is 2.33. The second kappa shape index (κ2) is 8.38. The summed E-state index contributed by atoms with van der Waals surface area (Å²) in [4.78, 5) is 14.6. The van der Waals surface area contributed by atoms with Crippen LogP contribution in [-0.2, 0) is 9.53 Å². The SMILES string of the molecule is Cc1c(C#N)c(NC(=O)CN(C)C[C@@H]2CCCO2)n(-c2ccccc2)c1C. The fourth-order valence-corrected chi connectivity index (χ4v) is 3.58. The molecule has 1 N–H and O–H groups in total. The molecular formula is C21H26N4O2. The van der Waals surface area contributed by atoms with Gasteiger partial charge in [-0.1, -0.05) is 18.2 Å². The largest absolute Gasteiger partial charge is 0.377 e. The fraction of sp³-hybridized carbons (Fsp3) is 0.429. The highest BCUT2D eigenvalue weighted by Gasteiger charge is 2.22. The van der Waals surface area contributed by atoms with E-state index in [1.54, 1.807) is 0 Å². The fourth-order valence-electron chi connectivity index (χ4n) is 3.58. The van der Waals surface area contributed by atoms with Crippen LogP contribution >= 0.6 is 0 Å². The molecule has 1 aliphatic rings. The molecule has 0 radical (unpaired) electrons. The molecule has 0 bridgehead atoms. The van der Waals surface area contributed by atoms with E-state index in [1.807, 2.05) is 60.7 Å². The van der Waals surface area contributed by atoms with Crippen LogP contribution in [0.4, 0.5) is 5.82 Å². The van der Waals surface area contributed by atoms with Gasteiger partial charge in [0, 0.05) is 24.5 Å². The van der Waals surface area contributed by atoms with E-state index in [4.69, 9.17) is 4.74 Å². The van der Waals surface area contributed by atoms with Crippen LogP contribution in [0.1, 0.15) is 29.7 Å². The highest BCUT2D eigenvalue weighted by Crippen LogP contribution is 2.29. The van der Waals surface area contributed by atoms with Gasteiger partial charge in [0.05, 0.1) is 18.2 Å². The molecule has 1 atom stereocenters. The Bertz CT molecular complexity index is 845. The second-order valence-corrected chi connectivity index (χ2v) is 7.10. The third kappa shape index (κ3) is 4.21. The minimum atomic E-state index is -0.137. The Hall–Kier alpha value is -2.62. The third-order valence-electron chi connectivity index (χ3n) is 5.05. The molecule has 0 spiro atoms. The van der Waals surface area contributed by atoms with E-state index in [9.17, 15) is 10.1 Å². The summed E-state index contributed by atoms with van der Waals surface area (Å²) in [5.41, 5.74) is 3.25. The number of ether oxygens (including phenoxy) is 1. The normalized spacial score (nSPS) is 16.5. The van der Waals surface area contributed by atoms with Crippen LogP contribution in [0.25, 0.3) is 5.69 Å². The monoisotopic (exact) mass is 366 g/mol. The van der Waals surface area contributed by atoms with Crippen molar-refractivity contribution >= 4 is 11.7 Å². The maximum atomic E-state index is 12.7. The Morgan fingerprint density at radius 1 is 1.37 bits per heavy atom. The molecule has 1 fully saturated rings. The van der Waals surface area contributed by atoms with E-state index >= 15 is 0 Å². The van der Waals surface area contributed by atoms with E-state index < -0.39 is 0 Å². The topological polar surface area (TPSA) is 70.3 Å². The van der Waals surface area contributed by atoms with Crippen molar-refractivity contribution in [2.45, 2.75) is 32.8 Å². The molecule has 1 aromatic heterocycles. The lowest BCUT2D eigenvalue weighted by Gasteiger charge is -2.20. The van der Waals surface area contributed by atoms with Crippen molar-refractivity contribution in [3.63, 3.8) is 0 Å². The van der Waals surface area contributed by atoms with Crippen LogP contribution in [-0.4, -0.2) is 48.2 Å². The van der Waals surface area contributed by atoms with E-state index in [0.717, 1.165) is 42.9 Å². The van der Waals surface area contributed by atoms with Crippen molar-refractivity contribution in [1.82, 2.24) is 9.47 Å². The molecule has 1 aromatic carbocycles. The van der Waals surface area contributed by atoms with E-state index in [0.29, 0.717) is 11.4 Å². The number of nitrogens with zero attached hydrogens (tertiary/aromatic N) is 3. The van der Waals surface area contributed by atoms with Gasteiger partial charge in [-0.25, -0.2) is 0 Å². The maximum absolute atomic E-state index is 12.7. The van der Waals surface area contributed by atoms with Crippen LogP contribution in [0.5, 0.6) is 0 Å². The van der Waals surface area contributed by atoms with Crippen molar-refractivity contribution in [3.05, 3.63) is 47.2 Å². The van der Waals surface area contributed by atoms with E-state index in [-0.39, 0.29) is 18.6 Å². The lowest BCUT2D eigenvalue weighted by Crippen LogP contribution is -2.35. The van der Waals surface area contributed by atoms with Crippen LogP contribution < -0.4 is 5.32 Å². The maximum Gasteiger partial charge on any atom is 0.239 e. The number of hydrogen-bond donors (Lipinski definition) is 1. The number of hydrogen-bond acceptors (Lipinski definition) is 4. The quantitative estimate of drug-likeness (QED) is 0.853. The van der Waals surface area contributed by atoms with Crippen molar-refractivity contribution in [2.24, 2.45) is 0 Å². The molecule has 1 amide bonds. The molecule has 1 aliphatic heterocycles. The summed E-state index contributed by atoms with van der Waals surface area (Å²) in [5.74, 6) is 0.399. The number of anilines is 1. The first kappa shape index (κ1) is 19.2. The van der Waals surface area contributed by atoms with Crippen molar-refractivity contribution < 1.29 is 9.53 Å². The molecule has 6 heteroatoms. The number of carbonyl (C=O) groups is 1. The van der Waals surface area contributed by atoms with E-state index in [1.165, 1.54) is 0 Å². The first-order valence-corrected chi connectivity index (χ1v) is 9.28. The van der Waals surface area contributed by atoms with Crippen molar-refractivity contribution in [1.29, 1.82) is 5.26 Å². The Morgan fingerprint density at radius 3 is 2.74 bits per heavy atom. The van der Waals surface area contributed by atoms with Gasteiger partial charge in [-0.05, 0) is 51.4 Å². The van der Waals surface area contributed by atoms with Gasteiger partial charge in [0.2, 0.25) is 5.91 Å². The Kier molecular flexibility index (Phi) is 5.94. The minimum Gasteiger partial charge on any atom is -0.377 e. The summed E-state index contributed by atoms with van der Waals surface area (Å²) >= 11 is 0. The molecule has 142 valence electrons. The predicted molar refractivity (Wildman–Crippen MR) is 105 cm³/mol. The number of amides is 1. The number of likely N-dealkylation sites (N-methyl/N-ethyl adjacent to an activating group) is 1. The van der Waals surface area contributed by atoms with Gasteiger partial charge in [-0.15, -0.1) is 0 Å². The minimum absolute atomic E-state index is 0.137. The zero-order chi connectivity index (χ0) is 19.4. The van der Waals surface area contributed by atoms with Crippen LogP contribution in [0.15, 0.2) is 30.3 Å². The van der Waals surface area contributed by atoms with Gasteiger partial charge in [0.25, 0.3) is 0 Å². The molecule has 6 nitrogen and oxygen atoms in total. The summed E-state index contributed by atoms with van der Waals surface area (Å²) in [6, 6.07) is 12.0. The molecule has 0 saturated carbocycles. The average molecular weight is 366 g/mol. The summed E-state index contributed by atoms with van der Waals surface area (Å²) in [6.45, 7) is 5.66. The molecule has 27 heavy (non-hydrogen) atoms. The van der Waals surface area contributed by atoms with E-state index in [2.05, 4.69) is 11.4 Å². The van der Waals surface area contributed by atoms with Crippen molar-refractivity contribution in [2.75, 3.05) is 32.1 Å².